The maximum absolute atomic E-state index is 13.0. The summed E-state index contributed by atoms with van der Waals surface area (Å²) in [5.41, 5.74) is 2.25. The third-order valence-electron chi connectivity index (χ3n) is 5.69. The Balaban J connectivity index is 0.00000256. The van der Waals surface area contributed by atoms with Crippen LogP contribution in [0.25, 0.3) is 0 Å². The van der Waals surface area contributed by atoms with Gasteiger partial charge in [-0.3, -0.25) is 19.3 Å². The van der Waals surface area contributed by atoms with Gasteiger partial charge in [0, 0.05) is 18.7 Å². The number of nitrogens with zero attached hydrogens (tertiary/aromatic N) is 2. The topological polar surface area (TPSA) is 69.7 Å². The van der Waals surface area contributed by atoms with Gasteiger partial charge in [0.25, 0.3) is 17.7 Å². The van der Waals surface area contributed by atoms with Crippen molar-refractivity contribution < 1.29 is 14.4 Å². The number of fused-ring (bicyclic) bond motifs is 1. The highest BCUT2D eigenvalue weighted by molar-refractivity contribution is 6.21. The standard InChI is InChI=1S/C23H25N3O3.ClH/c1-24-13-17-7-5-11-25(14-17)21(27)18-8-4-6-16(12-18)15-26-22(28)19-9-2-3-10-20(19)23(26)29;/h2-4,6,8-10,12,17,24H,5,7,11,13-15H2,1H3;1H. The van der Waals surface area contributed by atoms with E-state index in [0.717, 1.165) is 38.0 Å². The first-order valence-electron chi connectivity index (χ1n) is 10.1. The Morgan fingerprint density at radius 2 is 1.77 bits per heavy atom. The maximum Gasteiger partial charge on any atom is 0.261 e. The van der Waals surface area contributed by atoms with E-state index in [1.807, 2.05) is 24.1 Å². The summed E-state index contributed by atoms with van der Waals surface area (Å²) < 4.78 is 0. The fourth-order valence-corrected chi connectivity index (χ4v) is 4.26. The number of carbonyl (C=O) groups excluding carboxylic acids is 3. The summed E-state index contributed by atoms with van der Waals surface area (Å²) >= 11 is 0. The van der Waals surface area contributed by atoms with Gasteiger partial charge in [0.05, 0.1) is 17.7 Å². The highest BCUT2D eigenvalue weighted by atomic mass is 35.5. The van der Waals surface area contributed by atoms with Gasteiger partial charge in [-0.1, -0.05) is 24.3 Å². The van der Waals surface area contributed by atoms with Crippen molar-refractivity contribution in [2.45, 2.75) is 19.4 Å². The molecule has 1 atom stereocenters. The van der Waals surface area contributed by atoms with Crippen LogP contribution in [0.4, 0.5) is 0 Å². The Bertz CT molecular complexity index is 925. The van der Waals surface area contributed by atoms with Crippen LogP contribution in [0.1, 0.15) is 49.5 Å². The number of nitrogens with one attached hydrogen (secondary N) is 1. The molecule has 158 valence electrons. The molecule has 1 fully saturated rings. The molecule has 0 aliphatic carbocycles. The minimum absolute atomic E-state index is 0. The van der Waals surface area contributed by atoms with Crippen molar-refractivity contribution in [2.75, 3.05) is 26.7 Å². The van der Waals surface area contributed by atoms with E-state index in [0.29, 0.717) is 22.6 Å². The molecule has 0 aromatic heterocycles. The van der Waals surface area contributed by atoms with Crippen molar-refractivity contribution >= 4 is 30.1 Å². The van der Waals surface area contributed by atoms with Crippen LogP contribution in [-0.4, -0.2) is 54.2 Å². The molecule has 3 amide bonds. The van der Waals surface area contributed by atoms with Crippen molar-refractivity contribution in [3.05, 3.63) is 70.8 Å². The van der Waals surface area contributed by atoms with Gasteiger partial charge in [0.2, 0.25) is 0 Å². The van der Waals surface area contributed by atoms with Gasteiger partial charge in [0.15, 0.2) is 0 Å². The molecule has 1 N–H and O–H groups in total. The summed E-state index contributed by atoms with van der Waals surface area (Å²) in [6, 6.07) is 14.1. The molecule has 0 spiro atoms. The van der Waals surface area contributed by atoms with Crippen LogP contribution < -0.4 is 5.32 Å². The predicted molar refractivity (Wildman–Crippen MR) is 117 cm³/mol. The van der Waals surface area contributed by atoms with Crippen molar-refractivity contribution in [3.63, 3.8) is 0 Å². The van der Waals surface area contributed by atoms with Crippen molar-refractivity contribution in [1.82, 2.24) is 15.1 Å². The number of amides is 3. The van der Waals surface area contributed by atoms with Gasteiger partial charge in [-0.15, -0.1) is 12.4 Å². The highest BCUT2D eigenvalue weighted by Crippen LogP contribution is 2.25. The van der Waals surface area contributed by atoms with Crippen LogP contribution in [-0.2, 0) is 6.54 Å². The van der Waals surface area contributed by atoms with E-state index in [-0.39, 0.29) is 36.7 Å². The largest absolute Gasteiger partial charge is 0.338 e. The molecule has 0 saturated carbocycles. The lowest BCUT2D eigenvalue weighted by Gasteiger charge is -2.33. The van der Waals surface area contributed by atoms with Crippen LogP contribution >= 0.6 is 12.4 Å². The molecule has 7 heteroatoms. The van der Waals surface area contributed by atoms with Crippen molar-refractivity contribution in [2.24, 2.45) is 5.92 Å². The zero-order chi connectivity index (χ0) is 20.4. The first-order valence-corrected chi connectivity index (χ1v) is 10.1. The van der Waals surface area contributed by atoms with E-state index < -0.39 is 0 Å². The second-order valence-corrected chi connectivity index (χ2v) is 7.76. The SMILES string of the molecule is CNCC1CCCN(C(=O)c2cccc(CN3C(=O)c4ccccc4C3=O)c2)C1.Cl. The molecular weight excluding hydrogens is 402 g/mol. The number of carbonyl (C=O) groups is 3. The molecule has 1 saturated heterocycles. The van der Waals surface area contributed by atoms with Crippen molar-refractivity contribution in [3.8, 4) is 0 Å². The lowest BCUT2D eigenvalue weighted by atomic mass is 9.97. The zero-order valence-electron chi connectivity index (χ0n) is 17.0. The molecule has 2 heterocycles. The monoisotopic (exact) mass is 427 g/mol. The van der Waals surface area contributed by atoms with Gasteiger partial charge in [-0.25, -0.2) is 0 Å². The average molecular weight is 428 g/mol. The lowest BCUT2D eigenvalue weighted by Crippen LogP contribution is -2.42. The minimum atomic E-state index is -0.284. The quantitative estimate of drug-likeness (QED) is 0.745. The second-order valence-electron chi connectivity index (χ2n) is 7.76. The average Bonchev–Trinajstić information content (AvgIpc) is 2.99. The Morgan fingerprint density at radius 1 is 1.07 bits per heavy atom. The molecule has 6 nitrogen and oxygen atoms in total. The maximum atomic E-state index is 13.0. The fraction of sp³-hybridized carbons (Fsp3) is 0.348. The number of hydrogen-bond acceptors (Lipinski definition) is 4. The van der Waals surface area contributed by atoms with E-state index in [1.54, 1.807) is 36.4 Å². The smallest absolute Gasteiger partial charge is 0.261 e. The molecule has 0 bridgehead atoms. The summed E-state index contributed by atoms with van der Waals surface area (Å²) in [5, 5.41) is 3.19. The van der Waals surface area contributed by atoms with E-state index >= 15 is 0 Å². The zero-order valence-corrected chi connectivity index (χ0v) is 17.8. The van der Waals surface area contributed by atoms with Gasteiger partial charge in [-0.2, -0.15) is 0 Å². The number of benzene rings is 2. The normalized spacial score (nSPS) is 18.2. The van der Waals surface area contributed by atoms with Crippen LogP contribution in [0.3, 0.4) is 0 Å². The third kappa shape index (κ3) is 4.25. The summed E-state index contributed by atoms with van der Waals surface area (Å²) in [5.74, 6) is -0.0872. The Labute approximate surface area is 182 Å². The Kier molecular flexibility index (Phi) is 6.90. The van der Waals surface area contributed by atoms with E-state index in [4.69, 9.17) is 0 Å². The summed E-state index contributed by atoms with van der Waals surface area (Å²) in [4.78, 5) is 41.4. The van der Waals surface area contributed by atoms with Crippen molar-refractivity contribution in [1.29, 1.82) is 0 Å². The summed E-state index contributed by atoms with van der Waals surface area (Å²) in [6.45, 7) is 2.59. The van der Waals surface area contributed by atoms with Gasteiger partial charge >= 0.3 is 0 Å². The van der Waals surface area contributed by atoms with E-state index in [9.17, 15) is 14.4 Å². The van der Waals surface area contributed by atoms with Gasteiger partial charge in [-0.05, 0) is 62.2 Å². The molecular formula is C23H26ClN3O3. The first-order chi connectivity index (χ1) is 14.1. The number of hydrogen-bond donors (Lipinski definition) is 1. The summed E-state index contributed by atoms with van der Waals surface area (Å²) in [7, 11) is 1.93. The lowest BCUT2D eigenvalue weighted by molar-refractivity contribution is 0.0641. The van der Waals surface area contributed by atoms with E-state index in [1.165, 1.54) is 4.90 Å². The molecule has 2 aliphatic heterocycles. The number of imide groups is 1. The molecule has 0 radical (unpaired) electrons. The van der Waals surface area contributed by atoms with Crippen LogP contribution in [0.2, 0.25) is 0 Å². The fourth-order valence-electron chi connectivity index (χ4n) is 4.26. The Morgan fingerprint density at radius 3 is 2.43 bits per heavy atom. The van der Waals surface area contributed by atoms with Gasteiger partial charge < -0.3 is 10.2 Å². The Hall–Kier alpha value is -2.70. The molecule has 1 unspecified atom stereocenters. The van der Waals surface area contributed by atoms with Crippen LogP contribution in [0.5, 0.6) is 0 Å². The number of likely N-dealkylation sites (tertiary alicyclic amines) is 1. The molecule has 30 heavy (non-hydrogen) atoms. The number of piperidine rings is 1. The molecule has 4 rings (SSSR count). The number of rotatable bonds is 5. The second kappa shape index (κ2) is 9.41. The molecule has 2 aromatic rings. The molecule has 2 aliphatic rings. The number of halogens is 1. The third-order valence-corrected chi connectivity index (χ3v) is 5.69. The van der Waals surface area contributed by atoms with Gasteiger partial charge in [0.1, 0.15) is 0 Å². The highest BCUT2D eigenvalue weighted by Gasteiger charge is 2.35. The van der Waals surface area contributed by atoms with E-state index in [2.05, 4.69) is 5.32 Å². The molecule has 2 aromatic carbocycles. The minimum Gasteiger partial charge on any atom is -0.338 e. The predicted octanol–water partition coefficient (Wildman–Crippen LogP) is 2.98. The summed E-state index contributed by atoms with van der Waals surface area (Å²) in [6.07, 6.45) is 2.14. The van der Waals surface area contributed by atoms with Crippen LogP contribution in [0, 0.1) is 5.92 Å². The van der Waals surface area contributed by atoms with Crippen LogP contribution in [0.15, 0.2) is 48.5 Å². The first kappa shape index (κ1) is 22.0.